The number of hydrogen-bond acceptors (Lipinski definition) is 6. The maximum Gasteiger partial charge on any atom is 0.408 e. The molecule has 2 unspecified atom stereocenters. The maximum absolute atomic E-state index is 13.1. The number of hydrogen-bond donors (Lipinski definition) is 1. The number of ether oxygens (including phenoxy) is 2. The first-order valence-electron chi connectivity index (χ1n) is 9.44. The average molecular weight is 407 g/mol. The van der Waals surface area contributed by atoms with E-state index in [0.29, 0.717) is 19.3 Å². The Bertz CT molecular complexity index is 911. The molecular formula is C20H26N2O5S. The second-order valence-corrected chi connectivity index (χ2v) is 11.4. The number of carbonyl (C=O) groups excluding carboxylic acids is 1. The predicted octanol–water partition coefficient (Wildman–Crippen LogP) is 2.97. The monoisotopic (exact) mass is 406 g/mol. The van der Waals surface area contributed by atoms with Crippen molar-refractivity contribution < 1.29 is 22.7 Å². The van der Waals surface area contributed by atoms with Gasteiger partial charge in [0.1, 0.15) is 11.7 Å². The highest BCUT2D eigenvalue weighted by Gasteiger charge is 2.74. The molecule has 8 heteroatoms. The predicted molar refractivity (Wildman–Crippen MR) is 104 cm³/mol. The second-order valence-electron chi connectivity index (χ2n) is 9.36. The Balaban J connectivity index is 1.44. The van der Waals surface area contributed by atoms with Gasteiger partial charge in [-0.1, -0.05) is 17.7 Å². The van der Waals surface area contributed by atoms with Crippen molar-refractivity contribution in [1.29, 1.82) is 0 Å². The summed E-state index contributed by atoms with van der Waals surface area (Å²) in [5.41, 5.74) is -0.141. The summed E-state index contributed by atoms with van der Waals surface area (Å²) >= 11 is 0. The van der Waals surface area contributed by atoms with Gasteiger partial charge in [-0.05, 0) is 59.1 Å². The normalized spacial score (nSPS) is 33.4. The van der Waals surface area contributed by atoms with Gasteiger partial charge in [-0.25, -0.2) is 18.2 Å². The molecule has 1 aromatic carbocycles. The van der Waals surface area contributed by atoms with Crippen molar-refractivity contribution in [2.45, 2.75) is 74.5 Å². The molecule has 1 heterocycles. The van der Waals surface area contributed by atoms with E-state index in [2.05, 4.69) is 10.3 Å². The lowest BCUT2D eigenvalue weighted by molar-refractivity contribution is -0.202. The van der Waals surface area contributed by atoms with E-state index in [4.69, 9.17) is 9.47 Å². The summed E-state index contributed by atoms with van der Waals surface area (Å²) in [6, 6.07) is 6.79. The minimum Gasteiger partial charge on any atom is -0.476 e. The van der Waals surface area contributed by atoms with Crippen molar-refractivity contribution in [3.63, 3.8) is 0 Å². The van der Waals surface area contributed by atoms with Crippen LogP contribution in [0, 0.1) is 12.3 Å². The van der Waals surface area contributed by atoms with Crippen LogP contribution in [0.1, 0.15) is 45.6 Å². The average Bonchev–Trinajstić information content (AvgIpc) is 2.98. The fourth-order valence-corrected chi connectivity index (χ4v) is 6.37. The fraction of sp³-hybridized carbons (Fsp3) is 0.600. The summed E-state index contributed by atoms with van der Waals surface area (Å²) < 4.78 is 37.2. The molecular weight excluding hydrogens is 380 g/mol. The van der Waals surface area contributed by atoms with Crippen molar-refractivity contribution >= 4 is 22.3 Å². The molecule has 0 saturated heterocycles. The van der Waals surface area contributed by atoms with Gasteiger partial charge in [-0.15, -0.1) is 0 Å². The molecule has 152 valence electrons. The summed E-state index contributed by atoms with van der Waals surface area (Å²) in [7, 11) is -3.64. The second kappa shape index (κ2) is 5.95. The maximum atomic E-state index is 13.1. The van der Waals surface area contributed by atoms with E-state index in [1.807, 2.05) is 27.7 Å². The molecule has 5 rings (SSSR count). The third-order valence-corrected chi connectivity index (χ3v) is 7.72. The molecule has 1 aliphatic heterocycles. The Morgan fingerprint density at radius 3 is 2.39 bits per heavy atom. The third kappa shape index (κ3) is 3.07. The van der Waals surface area contributed by atoms with Gasteiger partial charge >= 0.3 is 6.09 Å². The number of aliphatic imine (C=N–C) groups is 1. The van der Waals surface area contributed by atoms with Gasteiger partial charge in [0.25, 0.3) is 0 Å². The van der Waals surface area contributed by atoms with Crippen LogP contribution < -0.4 is 5.32 Å². The van der Waals surface area contributed by atoms with Crippen molar-refractivity contribution in [2.24, 2.45) is 10.4 Å². The SMILES string of the molecule is Cc1ccc(S(=O)(=O)C2N=COC2C23CC(NC(=O)OC(C)(C)C)(C2)C3)cc1. The number of nitrogens with one attached hydrogen (secondary N) is 1. The molecule has 1 N–H and O–H groups in total. The molecule has 2 atom stereocenters. The van der Waals surface area contributed by atoms with Crippen molar-refractivity contribution in [1.82, 2.24) is 5.32 Å². The van der Waals surface area contributed by atoms with Crippen LogP contribution >= 0.6 is 0 Å². The van der Waals surface area contributed by atoms with Crippen LogP contribution in [0.5, 0.6) is 0 Å². The lowest BCUT2D eigenvalue weighted by Crippen LogP contribution is -2.79. The third-order valence-electron chi connectivity index (χ3n) is 5.78. The smallest absolute Gasteiger partial charge is 0.408 e. The molecule has 1 aromatic rings. The van der Waals surface area contributed by atoms with Gasteiger partial charge in [0, 0.05) is 11.0 Å². The largest absolute Gasteiger partial charge is 0.476 e. The van der Waals surface area contributed by atoms with Crippen LogP contribution in [0.4, 0.5) is 4.79 Å². The zero-order chi connectivity index (χ0) is 20.4. The number of carbonyl (C=O) groups is 1. The molecule has 0 radical (unpaired) electrons. The van der Waals surface area contributed by atoms with E-state index in [0.717, 1.165) is 5.56 Å². The van der Waals surface area contributed by atoms with Crippen LogP contribution in [0.15, 0.2) is 34.2 Å². The summed E-state index contributed by atoms with van der Waals surface area (Å²) in [6.45, 7) is 7.37. The highest BCUT2D eigenvalue weighted by atomic mass is 32.2. The number of aryl methyl sites for hydroxylation is 1. The lowest BCUT2D eigenvalue weighted by Gasteiger charge is -2.71. The number of amides is 1. The first-order chi connectivity index (χ1) is 12.9. The molecule has 3 saturated carbocycles. The minimum absolute atomic E-state index is 0.254. The summed E-state index contributed by atoms with van der Waals surface area (Å²) in [5.74, 6) is 0. The van der Waals surface area contributed by atoms with E-state index < -0.39 is 33.0 Å². The quantitative estimate of drug-likeness (QED) is 0.830. The summed E-state index contributed by atoms with van der Waals surface area (Å²) in [5, 5.41) is 2.00. The number of rotatable bonds is 4. The van der Waals surface area contributed by atoms with E-state index >= 15 is 0 Å². The summed E-state index contributed by atoms with van der Waals surface area (Å²) in [6.07, 6.45) is 2.32. The van der Waals surface area contributed by atoms with Crippen molar-refractivity contribution in [2.75, 3.05) is 0 Å². The van der Waals surface area contributed by atoms with Crippen LogP contribution in [0.2, 0.25) is 0 Å². The molecule has 3 fully saturated rings. The first-order valence-corrected chi connectivity index (χ1v) is 11.0. The Labute approximate surface area is 165 Å². The van der Waals surface area contributed by atoms with Gasteiger partial charge in [-0.3, -0.25) is 0 Å². The Hall–Kier alpha value is -2.09. The van der Waals surface area contributed by atoms with E-state index in [1.54, 1.807) is 24.3 Å². The van der Waals surface area contributed by atoms with Crippen molar-refractivity contribution in [3.8, 4) is 0 Å². The van der Waals surface area contributed by atoms with Crippen LogP contribution in [-0.4, -0.2) is 43.5 Å². The fourth-order valence-electron chi connectivity index (χ4n) is 4.68. The highest BCUT2D eigenvalue weighted by Crippen LogP contribution is 2.70. The van der Waals surface area contributed by atoms with Gasteiger partial charge in [0.2, 0.25) is 9.84 Å². The molecule has 7 nitrogen and oxygen atoms in total. The van der Waals surface area contributed by atoms with Crippen LogP contribution in [-0.2, 0) is 19.3 Å². The van der Waals surface area contributed by atoms with E-state index in [1.165, 1.54) is 6.40 Å². The molecule has 28 heavy (non-hydrogen) atoms. The van der Waals surface area contributed by atoms with E-state index in [-0.39, 0.29) is 15.8 Å². The first kappa shape index (κ1) is 19.2. The van der Waals surface area contributed by atoms with Gasteiger partial charge in [0.15, 0.2) is 11.8 Å². The van der Waals surface area contributed by atoms with Crippen LogP contribution in [0.3, 0.4) is 0 Å². The highest BCUT2D eigenvalue weighted by molar-refractivity contribution is 7.92. The zero-order valence-corrected chi connectivity index (χ0v) is 17.4. The van der Waals surface area contributed by atoms with E-state index in [9.17, 15) is 13.2 Å². The van der Waals surface area contributed by atoms with Gasteiger partial charge in [-0.2, -0.15) is 0 Å². The molecule has 0 aromatic heterocycles. The number of alkyl carbamates (subject to hydrolysis) is 1. The number of sulfone groups is 1. The molecule has 3 aliphatic carbocycles. The zero-order valence-electron chi connectivity index (χ0n) is 16.6. The minimum atomic E-state index is -3.64. The topological polar surface area (TPSA) is 94.1 Å². The van der Waals surface area contributed by atoms with Gasteiger partial charge < -0.3 is 14.8 Å². The number of nitrogens with zero attached hydrogens (tertiary/aromatic N) is 1. The van der Waals surface area contributed by atoms with Gasteiger partial charge in [0.05, 0.1) is 4.90 Å². The molecule has 1 amide bonds. The lowest BCUT2D eigenvalue weighted by atomic mass is 9.37. The molecule has 4 aliphatic rings. The number of benzene rings is 1. The molecule has 0 spiro atoms. The Morgan fingerprint density at radius 2 is 1.82 bits per heavy atom. The standard InChI is InChI=1S/C20H26N2O5S/c1-13-5-7-14(8-6-13)28(24,25)16-15(26-12-21-16)19-9-20(10-19,11-19)22-17(23)27-18(2,3)4/h5-8,12,15-16H,9-11H2,1-4H3,(H,22,23). The summed E-state index contributed by atoms with van der Waals surface area (Å²) in [4.78, 5) is 16.5. The Morgan fingerprint density at radius 1 is 1.21 bits per heavy atom. The van der Waals surface area contributed by atoms with Crippen LogP contribution in [0.25, 0.3) is 0 Å². The molecule has 2 bridgehead atoms. The van der Waals surface area contributed by atoms with Crippen molar-refractivity contribution in [3.05, 3.63) is 29.8 Å². The Kier molecular flexibility index (Phi) is 4.09.